The minimum Gasteiger partial charge on any atom is -0.497 e. The van der Waals surface area contributed by atoms with Crippen LogP contribution in [0.1, 0.15) is 27.0 Å². The van der Waals surface area contributed by atoms with Gasteiger partial charge in [-0.15, -0.1) is 0 Å². The zero-order valence-electron chi connectivity index (χ0n) is 12.5. The first-order valence-electron chi connectivity index (χ1n) is 6.51. The molecular weight excluding hydrogens is 288 g/mol. The molecule has 0 heterocycles. The topological polar surface area (TPSA) is 35.5 Å². The Kier molecular flexibility index (Phi) is 4.53. The van der Waals surface area contributed by atoms with Crippen LogP contribution in [0.3, 0.4) is 0 Å². The molecule has 2 rings (SSSR count). The van der Waals surface area contributed by atoms with E-state index < -0.39 is 0 Å². The van der Waals surface area contributed by atoms with Crippen molar-refractivity contribution >= 4 is 17.4 Å². The lowest BCUT2D eigenvalue weighted by atomic mass is 9.96. The predicted molar refractivity (Wildman–Crippen MR) is 83.9 cm³/mol. The first-order chi connectivity index (χ1) is 9.97. The lowest BCUT2D eigenvalue weighted by molar-refractivity contribution is 0.103. The molecule has 0 unspecified atom stereocenters. The van der Waals surface area contributed by atoms with Gasteiger partial charge in [0.1, 0.15) is 11.5 Å². The van der Waals surface area contributed by atoms with Crippen molar-refractivity contribution in [2.45, 2.75) is 13.8 Å². The summed E-state index contributed by atoms with van der Waals surface area (Å²) in [6.45, 7) is 3.74. The summed E-state index contributed by atoms with van der Waals surface area (Å²) in [6.07, 6.45) is 0. The maximum Gasteiger partial charge on any atom is 0.197 e. The summed E-state index contributed by atoms with van der Waals surface area (Å²) < 4.78 is 10.5. The molecule has 0 atom stereocenters. The van der Waals surface area contributed by atoms with E-state index in [-0.39, 0.29) is 5.78 Å². The van der Waals surface area contributed by atoms with E-state index in [1.807, 2.05) is 13.8 Å². The maximum absolute atomic E-state index is 12.8. The Hall–Kier alpha value is -2.00. The number of methoxy groups -OCH3 is 2. The number of ether oxygens (including phenoxy) is 2. The number of hydrogen-bond donors (Lipinski definition) is 0. The van der Waals surface area contributed by atoms with Crippen molar-refractivity contribution in [3.63, 3.8) is 0 Å². The number of rotatable bonds is 4. The molecule has 0 spiro atoms. The van der Waals surface area contributed by atoms with Crippen LogP contribution in [-0.4, -0.2) is 20.0 Å². The van der Waals surface area contributed by atoms with Crippen LogP contribution in [0.5, 0.6) is 11.5 Å². The number of hydrogen-bond acceptors (Lipinski definition) is 3. The second kappa shape index (κ2) is 6.19. The van der Waals surface area contributed by atoms with Crippen molar-refractivity contribution in [1.29, 1.82) is 0 Å². The van der Waals surface area contributed by atoms with Gasteiger partial charge in [-0.3, -0.25) is 4.79 Å². The highest BCUT2D eigenvalue weighted by Crippen LogP contribution is 2.29. The van der Waals surface area contributed by atoms with Gasteiger partial charge in [-0.05, 0) is 55.3 Å². The third-order valence-corrected chi connectivity index (χ3v) is 3.81. The molecule has 21 heavy (non-hydrogen) atoms. The molecule has 0 bridgehead atoms. The van der Waals surface area contributed by atoms with E-state index in [0.29, 0.717) is 27.6 Å². The van der Waals surface area contributed by atoms with E-state index in [4.69, 9.17) is 21.1 Å². The van der Waals surface area contributed by atoms with Gasteiger partial charge in [0.15, 0.2) is 5.78 Å². The molecule has 2 aromatic rings. The monoisotopic (exact) mass is 304 g/mol. The highest BCUT2D eigenvalue weighted by atomic mass is 35.5. The Morgan fingerprint density at radius 3 is 2.29 bits per heavy atom. The van der Waals surface area contributed by atoms with Crippen LogP contribution in [0.4, 0.5) is 0 Å². The van der Waals surface area contributed by atoms with Gasteiger partial charge < -0.3 is 9.47 Å². The van der Waals surface area contributed by atoms with E-state index >= 15 is 0 Å². The third kappa shape index (κ3) is 3.03. The first-order valence-corrected chi connectivity index (χ1v) is 6.89. The number of aryl methyl sites for hydroxylation is 2. The summed E-state index contributed by atoms with van der Waals surface area (Å²) in [5.41, 5.74) is 2.79. The molecule has 0 amide bonds. The predicted octanol–water partition coefficient (Wildman–Crippen LogP) is 4.21. The van der Waals surface area contributed by atoms with Crippen molar-refractivity contribution in [2.75, 3.05) is 14.2 Å². The minimum atomic E-state index is -0.108. The molecule has 110 valence electrons. The minimum absolute atomic E-state index is 0.108. The van der Waals surface area contributed by atoms with Crippen LogP contribution < -0.4 is 9.47 Å². The zero-order valence-corrected chi connectivity index (χ0v) is 13.2. The summed E-state index contributed by atoms with van der Waals surface area (Å²) in [5.74, 6) is 1.03. The Labute approximate surface area is 129 Å². The fourth-order valence-corrected chi connectivity index (χ4v) is 2.38. The summed E-state index contributed by atoms with van der Waals surface area (Å²) in [5, 5.41) is 0.654. The molecule has 0 fully saturated rings. The van der Waals surface area contributed by atoms with Crippen molar-refractivity contribution in [3.8, 4) is 11.5 Å². The van der Waals surface area contributed by atoms with Crippen molar-refractivity contribution in [2.24, 2.45) is 0 Å². The molecule has 0 N–H and O–H groups in total. The van der Waals surface area contributed by atoms with Gasteiger partial charge in [0, 0.05) is 10.6 Å². The molecule has 2 aromatic carbocycles. The quantitative estimate of drug-likeness (QED) is 0.794. The van der Waals surface area contributed by atoms with E-state index in [2.05, 4.69) is 0 Å². The van der Waals surface area contributed by atoms with Crippen LogP contribution in [0.2, 0.25) is 5.02 Å². The van der Waals surface area contributed by atoms with Crippen molar-refractivity contribution < 1.29 is 14.3 Å². The summed E-state index contributed by atoms with van der Waals surface area (Å²) in [7, 11) is 3.10. The van der Waals surface area contributed by atoms with Crippen LogP contribution in [0.25, 0.3) is 0 Å². The van der Waals surface area contributed by atoms with Gasteiger partial charge in [0.2, 0.25) is 0 Å². The number of halogens is 1. The molecule has 3 nitrogen and oxygen atoms in total. The largest absolute Gasteiger partial charge is 0.497 e. The zero-order chi connectivity index (χ0) is 15.6. The first kappa shape index (κ1) is 15.4. The summed E-state index contributed by atoms with van der Waals surface area (Å²) in [6, 6.07) is 8.78. The Morgan fingerprint density at radius 1 is 0.952 bits per heavy atom. The molecule has 4 heteroatoms. The van der Waals surface area contributed by atoms with Gasteiger partial charge in [0.25, 0.3) is 0 Å². The molecule has 0 saturated heterocycles. The highest BCUT2D eigenvalue weighted by molar-refractivity contribution is 6.31. The van der Waals surface area contributed by atoms with Crippen LogP contribution in [0.15, 0.2) is 30.3 Å². The Morgan fingerprint density at radius 2 is 1.67 bits per heavy atom. The number of carbonyl (C=O) groups is 1. The molecule has 0 aliphatic carbocycles. The molecule has 0 aromatic heterocycles. The molecule has 0 aliphatic heterocycles. The SMILES string of the molecule is COc1ccc(OC)c(C(=O)c2cc(C)c(Cl)cc2C)c1. The normalized spacial score (nSPS) is 10.3. The summed E-state index contributed by atoms with van der Waals surface area (Å²) >= 11 is 6.09. The standard InChI is InChI=1S/C17H17ClO3/c1-10-8-15(18)11(2)7-13(10)17(19)14-9-12(20-3)5-6-16(14)21-4/h5-9H,1-4H3. The maximum atomic E-state index is 12.8. The number of benzene rings is 2. The van der Waals surface area contributed by atoms with Crippen LogP contribution in [-0.2, 0) is 0 Å². The van der Waals surface area contributed by atoms with Gasteiger partial charge in [0.05, 0.1) is 19.8 Å². The fraction of sp³-hybridized carbons (Fsp3) is 0.235. The number of ketones is 1. The van der Waals surface area contributed by atoms with E-state index in [1.165, 1.54) is 0 Å². The van der Waals surface area contributed by atoms with Crippen molar-refractivity contribution in [1.82, 2.24) is 0 Å². The number of carbonyl (C=O) groups excluding carboxylic acids is 1. The summed E-state index contributed by atoms with van der Waals surface area (Å²) in [4.78, 5) is 12.8. The van der Waals surface area contributed by atoms with E-state index in [1.54, 1.807) is 44.6 Å². The van der Waals surface area contributed by atoms with Crippen LogP contribution in [0, 0.1) is 13.8 Å². The third-order valence-electron chi connectivity index (χ3n) is 3.40. The van der Waals surface area contributed by atoms with Crippen LogP contribution >= 0.6 is 11.6 Å². The Balaban J connectivity index is 2.56. The average molecular weight is 305 g/mol. The lowest BCUT2D eigenvalue weighted by Crippen LogP contribution is -2.07. The van der Waals surface area contributed by atoms with E-state index in [0.717, 1.165) is 11.1 Å². The van der Waals surface area contributed by atoms with Crippen molar-refractivity contribution in [3.05, 3.63) is 57.6 Å². The molecule has 0 radical (unpaired) electrons. The smallest absolute Gasteiger partial charge is 0.197 e. The van der Waals surface area contributed by atoms with Gasteiger partial charge in [-0.2, -0.15) is 0 Å². The second-order valence-electron chi connectivity index (χ2n) is 4.81. The molecular formula is C17H17ClO3. The second-order valence-corrected chi connectivity index (χ2v) is 5.22. The highest BCUT2D eigenvalue weighted by Gasteiger charge is 2.18. The lowest BCUT2D eigenvalue weighted by Gasteiger charge is -2.12. The van der Waals surface area contributed by atoms with E-state index in [9.17, 15) is 4.79 Å². The fourth-order valence-electron chi connectivity index (χ4n) is 2.16. The van der Waals surface area contributed by atoms with Gasteiger partial charge in [-0.25, -0.2) is 0 Å². The molecule has 0 aliphatic rings. The molecule has 0 saturated carbocycles. The van der Waals surface area contributed by atoms with Gasteiger partial charge >= 0.3 is 0 Å². The van der Waals surface area contributed by atoms with Gasteiger partial charge in [-0.1, -0.05) is 11.6 Å². The average Bonchev–Trinajstić information content (AvgIpc) is 2.49. The Bertz CT molecular complexity index is 693.